The lowest BCUT2D eigenvalue weighted by molar-refractivity contribution is 0.463. The van der Waals surface area contributed by atoms with E-state index in [0.717, 1.165) is 5.56 Å². The Morgan fingerprint density at radius 1 is 1.41 bits per heavy atom. The minimum absolute atomic E-state index is 0.0324. The summed E-state index contributed by atoms with van der Waals surface area (Å²) in [6, 6.07) is 1.71. The molecule has 0 aliphatic heterocycles. The summed E-state index contributed by atoms with van der Waals surface area (Å²) < 4.78 is 26.3. The molecule has 0 atom stereocenters. The van der Waals surface area contributed by atoms with Crippen LogP contribution in [-0.4, -0.2) is 19.2 Å². The van der Waals surface area contributed by atoms with Gasteiger partial charge in [-0.1, -0.05) is 32.4 Å². The molecule has 1 aromatic heterocycles. The zero-order chi connectivity index (χ0) is 13.3. The zero-order valence-electron chi connectivity index (χ0n) is 10.4. The maximum absolute atomic E-state index is 11.9. The Hall–Kier alpha value is -0.810. The molecule has 0 aromatic carbocycles. The Bertz CT molecular complexity index is 486. The maximum atomic E-state index is 11.9. The number of anilines is 1. The summed E-state index contributed by atoms with van der Waals surface area (Å²) in [6.45, 7) is 7.38. The Morgan fingerprint density at radius 2 is 2.00 bits per heavy atom. The largest absolute Gasteiger partial charge is 0.280 e. The third-order valence-electron chi connectivity index (χ3n) is 1.99. The number of hydrogen-bond acceptors (Lipinski definition) is 3. The number of rotatable bonds is 3. The van der Waals surface area contributed by atoms with Crippen molar-refractivity contribution in [3.05, 3.63) is 23.0 Å². The van der Waals surface area contributed by atoms with Gasteiger partial charge in [-0.3, -0.25) is 4.72 Å². The molecule has 0 spiro atoms. The van der Waals surface area contributed by atoms with Crippen molar-refractivity contribution in [2.75, 3.05) is 10.5 Å². The quantitative estimate of drug-likeness (QED) is 0.864. The van der Waals surface area contributed by atoms with Gasteiger partial charge in [-0.15, -0.1) is 0 Å². The van der Waals surface area contributed by atoms with Crippen LogP contribution in [0.4, 0.5) is 5.69 Å². The van der Waals surface area contributed by atoms with E-state index in [1.807, 2.05) is 20.8 Å². The summed E-state index contributed by atoms with van der Waals surface area (Å²) in [5, 5.41) is 0.169. The van der Waals surface area contributed by atoms with E-state index in [1.54, 1.807) is 19.2 Å². The average Bonchev–Trinajstić information content (AvgIpc) is 2.07. The van der Waals surface area contributed by atoms with Crippen molar-refractivity contribution in [3.8, 4) is 0 Å². The van der Waals surface area contributed by atoms with Crippen molar-refractivity contribution in [1.29, 1.82) is 0 Å². The predicted molar refractivity (Wildman–Crippen MR) is 70.8 cm³/mol. The van der Waals surface area contributed by atoms with Crippen LogP contribution >= 0.6 is 11.6 Å². The van der Waals surface area contributed by atoms with Crippen molar-refractivity contribution < 1.29 is 8.42 Å². The van der Waals surface area contributed by atoms with Gasteiger partial charge in [0, 0.05) is 6.20 Å². The van der Waals surface area contributed by atoms with Gasteiger partial charge in [0.05, 0.1) is 11.4 Å². The summed E-state index contributed by atoms with van der Waals surface area (Å²) in [5.74, 6) is 0.0324. The Balaban J connectivity index is 2.99. The van der Waals surface area contributed by atoms with Crippen molar-refractivity contribution in [2.45, 2.75) is 27.7 Å². The number of aryl methyl sites for hydroxylation is 1. The molecule has 0 fully saturated rings. The van der Waals surface area contributed by atoms with E-state index in [4.69, 9.17) is 11.6 Å². The van der Waals surface area contributed by atoms with Gasteiger partial charge in [-0.2, -0.15) is 0 Å². The second kappa shape index (κ2) is 4.82. The van der Waals surface area contributed by atoms with Crippen LogP contribution in [0.5, 0.6) is 0 Å². The number of nitrogens with zero attached hydrogens (tertiary/aromatic N) is 1. The molecule has 1 rings (SSSR count). The van der Waals surface area contributed by atoms with Gasteiger partial charge in [0.1, 0.15) is 0 Å². The molecule has 0 saturated carbocycles. The van der Waals surface area contributed by atoms with Crippen LogP contribution in [0.1, 0.15) is 26.3 Å². The number of pyridine rings is 1. The predicted octanol–water partition coefficient (Wildman–Crippen LogP) is 2.83. The van der Waals surface area contributed by atoms with E-state index in [9.17, 15) is 8.42 Å². The third-order valence-corrected chi connectivity index (χ3v) is 4.04. The number of aromatic nitrogens is 1. The van der Waals surface area contributed by atoms with Crippen LogP contribution < -0.4 is 4.72 Å². The second-order valence-electron chi connectivity index (χ2n) is 5.22. The molecule has 1 N–H and O–H groups in total. The van der Waals surface area contributed by atoms with E-state index in [-0.39, 0.29) is 16.3 Å². The van der Waals surface area contributed by atoms with Crippen LogP contribution in [0.25, 0.3) is 0 Å². The average molecular weight is 277 g/mol. The fourth-order valence-corrected chi connectivity index (χ4v) is 3.50. The summed E-state index contributed by atoms with van der Waals surface area (Å²) >= 11 is 5.87. The Morgan fingerprint density at radius 3 is 2.47 bits per heavy atom. The molecule has 0 unspecified atom stereocenters. The Kier molecular flexibility index (Phi) is 4.04. The lowest BCUT2D eigenvalue weighted by atomic mass is 10.0. The first-order valence-corrected chi connectivity index (χ1v) is 7.25. The van der Waals surface area contributed by atoms with Crippen LogP contribution in [0.3, 0.4) is 0 Å². The monoisotopic (exact) mass is 276 g/mol. The molecular weight excluding hydrogens is 260 g/mol. The highest BCUT2D eigenvalue weighted by molar-refractivity contribution is 7.92. The SMILES string of the molecule is Cc1ccnc(Cl)c1NS(=O)(=O)CC(C)(C)C. The summed E-state index contributed by atoms with van der Waals surface area (Å²) in [5.41, 5.74) is 0.801. The molecule has 6 heteroatoms. The van der Waals surface area contributed by atoms with Crippen LogP contribution in [0.2, 0.25) is 5.15 Å². The van der Waals surface area contributed by atoms with Gasteiger partial charge in [0.15, 0.2) is 5.15 Å². The van der Waals surface area contributed by atoms with E-state index < -0.39 is 10.0 Å². The molecule has 1 aromatic rings. The van der Waals surface area contributed by atoms with E-state index in [1.165, 1.54) is 0 Å². The topological polar surface area (TPSA) is 59.1 Å². The van der Waals surface area contributed by atoms with Gasteiger partial charge < -0.3 is 0 Å². The molecule has 0 aliphatic rings. The standard InChI is InChI=1S/C11H17ClN2O2S/c1-8-5-6-13-10(12)9(8)14-17(15,16)7-11(2,3)4/h5-6,14H,7H2,1-4H3. The highest BCUT2D eigenvalue weighted by Crippen LogP contribution is 2.25. The molecule has 0 aliphatic carbocycles. The maximum Gasteiger partial charge on any atom is 0.233 e. The molecule has 0 bridgehead atoms. The summed E-state index contributed by atoms with van der Waals surface area (Å²) in [7, 11) is -3.41. The second-order valence-corrected chi connectivity index (χ2v) is 7.30. The summed E-state index contributed by atoms with van der Waals surface area (Å²) in [4.78, 5) is 3.86. The Labute approximate surface area is 107 Å². The van der Waals surface area contributed by atoms with Gasteiger partial charge >= 0.3 is 0 Å². The van der Waals surface area contributed by atoms with Crippen molar-refractivity contribution >= 4 is 27.3 Å². The lowest BCUT2D eigenvalue weighted by Crippen LogP contribution is -2.26. The fraction of sp³-hybridized carbons (Fsp3) is 0.545. The van der Waals surface area contributed by atoms with Gasteiger partial charge in [-0.05, 0) is 24.0 Å². The normalized spacial score (nSPS) is 12.5. The minimum Gasteiger partial charge on any atom is -0.280 e. The fourth-order valence-electron chi connectivity index (χ4n) is 1.41. The van der Waals surface area contributed by atoms with Crippen molar-refractivity contribution in [1.82, 2.24) is 4.98 Å². The molecule has 17 heavy (non-hydrogen) atoms. The first-order valence-electron chi connectivity index (χ1n) is 5.22. The van der Waals surface area contributed by atoms with Crippen molar-refractivity contribution in [3.63, 3.8) is 0 Å². The van der Waals surface area contributed by atoms with Gasteiger partial charge in [0.25, 0.3) is 0 Å². The molecule has 1 heterocycles. The first-order chi connectivity index (χ1) is 7.61. The van der Waals surface area contributed by atoms with Crippen LogP contribution in [0, 0.1) is 12.3 Å². The van der Waals surface area contributed by atoms with E-state index >= 15 is 0 Å². The summed E-state index contributed by atoms with van der Waals surface area (Å²) in [6.07, 6.45) is 1.54. The molecule has 0 amide bonds. The van der Waals surface area contributed by atoms with E-state index in [0.29, 0.717) is 5.69 Å². The molecule has 96 valence electrons. The minimum atomic E-state index is -3.41. The van der Waals surface area contributed by atoms with E-state index in [2.05, 4.69) is 9.71 Å². The molecule has 0 radical (unpaired) electrons. The third kappa shape index (κ3) is 4.52. The van der Waals surface area contributed by atoms with Crippen molar-refractivity contribution in [2.24, 2.45) is 5.41 Å². The van der Waals surface area contributed by atoms with Crippen LogP contribution in [0.15, 0.2) is 12.3 Å². The van der Waals surface area contributed by atoms with Gasteiger partial charge in [0.2, 0.25) is 10.0 Å². The number of hydrogen-bond donors (Lipinski definition) is 1. The zero-order valence-corrected chi connectivity index (χ0v) is 12.0. The van der Waals surface area contributed by atoms with Crippen LogP contribution in [-0.2, 0) is 10.0 Å². The molecule has 0 saturated heterocycles. The number of sulfonamides is 1. The number of nitrogens with one attached hydrogen (secondary N) is 1. The highest BCUT2D eigenvalue weighted by Gasteiger charge is 2.22. The smallest absolute Gasteiger partial charge is 0.233 e. The lowest BCUT2D eigenvalue weighted by Gasteiger charge is -2.19. The molecule has 4 nitrogen and oxygen atoms in total. The number of halogens is 1. The molecular formula is C11H17ClN2O2S. The van der Waals surface area contributed by atoms with Gasteiger partial charge in [-0.25, -0.2) is 13.4 Å². The highest BCUT2D eigenvalue weighted by atomic mass is 35.5. The first kappa shape index (κ1) is 14.3.